The summed E-state index contributed by atoms with van der Waals surface area (Å²) in [4.78, 5) is 2.37. The maximum absolute atomic E-state index is 2.37. The summed E-state index contributed by atoms with van der Waals surface area (Å²) in [5.41, 5.74) is 4.31. The highest BCUT2D eigenvalue weighted by molar-refractivity contribution is 5.56. The van der Waals surface area contributed by atoms with Crippen LogP contribution in [0.2, 0.25) is 0 Å². The van der Waals surface area contributed by atoms with Crippen molar-refractivity contribution < 1.29 is 0 Å². The molecule has 0 radical (unpaired) electrons. The van der Waals surface area contributed by atoms with E-state index in [1.807, 2.05) is 0 Å². The Morgan fingerprint density at radius 2 is 1.65 bits per heavy atom. The lowest BCUT2D eigenvalue weighted by Crippen LogP contribution is -2.30. The second kappa shape index (κ2) is 4.25. The van der Waals surface area contributed by atoms with Gasteiger partial charge in [0.25, 0.3) is 0 Å². The monoisotopic (exact) mass is 223 g/mol. The Labute approximate surface area is 103 Å². The van der Waals surface area contributed by atoms with E-state index in [9.17, 15) is 0 Å². The van der Waals surface area contributed by atoms with Crippen LogP contribution in [0.15, 0.2) is 54.6 Å². The summed E-state index contributed by atoms with van der Waals surface area (Å²) in [6.45, 7) is 1.11. The third-order valence-electron chi connectivity index (χ3n) is 3.63. The molecule has 17 heavy (non-hydrogen) atoms. The highest BCUT2D eigenvalue weighted by atomic mass is 15.1. The molecule has 3 rings (SSSR count). The van der Waals surface area contributed by atoms with Crippen LogP contribution in [0.5, 0.6) is 0 Å². The highest BCUT2D eigenvalue weighted by Crippen LogP contribution is 2.33. The van der Waals surface area contributed by atoms with Gasteiger partial charge in [0.2, 0.25) is 0 Å². The fourth-order valence-corrected chi connectivity index (χ4v) is 2.76. The average molecular weight is 223 g/mol. The average Bonchev–Trinajstić information content (AvgIpc) is 2.40. The number of hydrogen-bond acceptors (Lipinski definition) is 1. The SMILES string of the molecule is CN1CC(c2ccccc2)Cc2ccccc21. The molecule has 1 nitrogen and oxygen atoms in total. The van der Waals surface area contributed by atoms with Crippen molar-refractivity contribution in [1.29, 1.82) is 0 Å². The summed E-state index contributed by atoms with van der Waals surface area (Å²) < 4.78 is 0. The first-order valence-corrected chi connectivity index (χ1v) is 6.18. The molecule has 0 fully saturated rings. The smallest absolute Gasteiger partial charge is 0.0396 e. The molecule has 0 amide bonds. The zero-order chi connectivity index (χ0) is 11.7. The Hall–Kier alpha value is -1.76. The summed E-state index contributed by atoms with van der Waals surface area (Å²) in [5, 5.41) is 0. The van der Waals surface area contributed by atoms with Crippen molar-refractivity contribution in [2.24, 2.45) is 0 Å². The molecule has 0 aliphatic carbocycles. The molecule has 86 valence electrons. The third-order valence-corrected chi connectivity index (χ3v) is 3.63. The van der Waals surface area contributed by atoms with Crippen LogP contribution >= 0.6 is 0 Å². The number of nitrogens with zero attached hydrogens (tertiary/aromatic N) is 1. The molecule has 1 heterocycles. The largest absolute Gasteiger partial charge is 0.374 e. The van der Waals surface area contributed by atoms with Crippen molar-refractivity contribution in [3.63, 3.8) is 0 Å². The van der Waals surface area contributed by atoms with Gasteiger partial charge in [0, 0.05) is 25.2 Å². The van der Waals surface area contributed by atoms with Gasteiger partial charge >= 0.3 is 0 Å². The lowest BCUT2D eigenvalue weighted by Gasteiger charge is -2.33. The number of para-hydroxylation sites is 1. The first-order chi connectivity index (χ1) is 8.34. The fourth-order valence-electron chi connectivity index (χ4n) is 2.76. The van der Waals surface area contributed by atoms with Gasteiger partial charge in [-0.05, 0) is 23.6 Å². The lowest BCUT2D eigenvalue weighted by atomic mass is 9.87. The molecule has 0 N–H and O–H groups in total. The molecule has 2 aromatic rings. The number of benzene rings is 2. The minimum atomic E-state index is 0.621. The minimum absolute atomic E-state index is 0.621. The van der Waals surface area contributed by atoms with Gasteiger partial charge in [-0.1, -0.05) is 48.5 Å². The van der Waals surface area contributed by atoms with E-state index in [2.05, 4.69) is 66.5 Å². The van der Waals surface area contributed by atoms with Gasteiger partial charge in [-0.25, -0.2) is 0 Å². The molecule has 0 bridgehead atoms. The van der Waals surface area contributed by atoms with Crippen molar-refractivity contribution in [2.45, 2.75) is 12.3 Å². The van der Waals surface area contributed by atoms with Gasteiger partial charge in [0.05, 0.1) is 0 Å². The summed E-state index contributed by atoms with van der Waals surface area (Å²) in [5.74, 6) is 0.621. The molecule has 0 saturated carbocycles. The van der Waals surface area contributed by atoms with E-state index < -0.39 is 0 Å². The summed E-state index contributed by atoms with van der Waals surface area (Å²) >= 11 is 0. The number of anilines is 1. The predicted octanol–water partition coefficient (Wildman–Crippen LogP) is 3.46. The van der Waals surface area contributed by atoms with Gasteiger partial charge in [0.15, 0.2) is 0 Å². The molecule has 1 unspecified atom stereocenters. The summed E-state index contributed by atoms with van der Waals surface area (Å²) in [7, 11) is 2.19. The standard InChI is InChI=1S/C16H17N/c1-17-12-15(13-7-3-2-4-8-13)11-14-9-5-6-10-16(14)17/h2-10,15H,11-12H2,1H3. The van der Waals surface area contributed by atoms with E-state index in [1.54, 1.807) is 0 Å². The van der Waals surface area contributed by atoms with E-state index >= 15 is 0 Å². The maximum Gasteiger partial charge on any atom is 0.0396 e. The van der Waals surface area contributed by atoms with Crippen LogP contribution in [0.3, 0.4) is 0 Å². The Morgan fingerprint density at radius 3 is 2.47 bits per heavy atom. The summed E-state index contributed by atoms with van der Waals surface area (Å²) in [6, 6.07) is 19.6. The number of likely N-dealkylation sites (N-methyl/N-ethyl adjacent to an activating group) is 1. The zero-order valence-corrected chi connectivity index (χ0v) is 10.1. The van der Waals surface area contributed by atoms with Crippen LogP contribution in [0.1, 0.15) is 17.0 Å². The maximum atomic E-state index is 2.37. The van der Waals surface area contributed by atoms with Crippen molar-refractivity contribution in [3.05, 3.63) is 65.7 Å². The van der Waals surface area contributed by atoms with E-state index in [1.165, 1.54) is 16.8 Å². The van der Waals surface area contributed by atoms with Crippen LogP contribution in [-0.2, 0) is 6.42 Å². The molecule has 0 aromatic heterocycles. The van der Waals surface area contributed by atoms with Gasteiger partial charge in [0.1, 0.15) is 0 Å². The van der Waals surface area contributed by atoms with Crippen molar-refractivity contribution >= 4 is 5.69 Å². The van der Waals surface area contributed by atoms with Crippen molar-refractivity contribution in [2.75, 3.05) is 18.5 Å². The van der Waals surface area contributed by atoms with E-state index in [4.69, 9.17) is 0 Å². The zero-order valence-electron chi connectivity index (χ0n) is 10.1. The first-order valence-electron chi connectivity index (χ1n) is 6.18. The van der Waals surface area contributed by atoms with E-state index in [-0.39, 0.29) is 0 Å². The van der Waals surface area contributed by atoms with Crippen LogP contribution in [-0.4, -0.2) is 13.6 Å². The first kappa shape index (κ1) is 10.4. The van der Waals surface area contributed by atoms with E-state index in [0.717, 1.165) is 13.0 Å². The minimum Gasteiger partial charge on any atom is -0.374 e. The number of rotatable bonds is 1. The molecule has 0 saturated heterocycles. The fraction of sp³-hybridized carbons (Fsp3) is 0.250. The molecule has 1 aliphatic rings. The molecular weight excluding hydrogens is 206 g/mol. The highest BCUT2D eigenvalue weighted by Gasteiger charge is 2.22. The quantitative estimate of drug-likeness (QED) is 0.715. The molecular formula is C16H17N. The molecule has 1 atom stereocenters. The predicted molar refractivity (Wildman–Crippen MR) is 72.6 cm³/mol. The van der Waals surface area contributed by atoms with Crippen LogP contribution in [0.25, 0.3) is 0 Å². The third kappa shape index (κ3) is 1.93. The number of fused-ring (bicyclic) bond motifs is 1. The van der Waals surface area contributed by atoms with Gasteiger partial charge in [-0.2, -0.15) is 0 Å². The van der Waals surface area contributed by atoms with Crippen LogP contribution in [0.4, 0.5) is 5.69 Å². The van der Waals surface area contributed by atoms with E-state index in [0.29, 0.717) is 5.92 Å². The second-order valence-electron chi connectivity index (χ2n) is 4.82. The Morgan fingerprint density at radius 1 is 0.941 bits per heavy atom. The lowest BCUT2D eigenvalue weighted by molar-refractivity contribution is 0.639. The summed E-state index contributed by atoms with van der Waals surface area (Å²) in [6.07, 6.45) is 1.16. The molecule has 1 heteroatoms. The normalized spacial score (nSPS) is 18.9. The van der Waals surface area contributed by atoms with Gasteiger partial charge in [-0.3, -0.25) is 0 Å². The molecule has 0 spiro atoms. The van der Waals surface area contributed by atoms with Gasteiger partial charge in [-0.15, -0.1) is 0 Å². The number of hydrogen-bond donors (Lipinski definition) is 0. The topological polar surface area (TPSA) is 3.24 Å². The van der Waals surface area contributed by atoms with Crippen LogP contribution in [0, 0.1) is 0 Å². The van der Waals surface area contributed by atoms with Gasteiger partial charge < -0.3 is 4.90 Å². The second-order valence-corrected chi connectivity index (χ2v) is 4.82. The molecule has 1 aliphatic heterocycles. The Bertz CT molecular complexity index is 504. The van der Waals surface area contributed by atoms with Crippen molar-refractivity contribution in [1.82, 2.24) is 0 Å². The molecule has 2 aromatic carbocycles. The van der Waals surface area contributed by atoms with Crippen LogP contribution < -0.4 is 4.90 Å². The Balaban J connectivity index is 1.94. The Kier molecular flexibility index (Phi) is 2.60. The van der Waals surface area contributed by atoms with Crippen molar-refractivity contribution in [3.8, 4) is 0 Å².